The van der Waals surface area contributed by atoms with Crippen LogP contribution < -0.4 is 0 Å². The van der Waals surface area contributed by atoms with Crippen molar-refractivity contribution < 1.29 is 14.0 Å². The number of aromatic nitrogens is 4. The van der Waals surface area contributed by atoms with Crippen LogP contribution in [0.3, 0.4) is 0 Å². The van der Waals surface area contributed by atoms with E-state index in [4.69, 9.17) is 0 Å². The lowest BCUT2D eigenvalue weighted by Crippen LogP contribution is -2.50. The molecule has 1 saturated heterocycles. The van der Waals surface area contributed by atoms with E-state index in [9.17, 15) is 14.0 Å². The van der Waals surface area contributed by atoms with E-state index >= 15 is 0 Å². The van der Waals surface area contributed by atoms with Crippen LogP contribution in [0.15, 0.2) is 36.5 Å². The molecule has 8 nitrogen and oxygen atoms in total. The van der Waals surface area contributed by atoms with Gasteiger partial charge in [0.25, 0.3) is 11.8 Å². The van der Waals surface area contributed by atoms with Crippen molar-refractivity contribution in [3.8, 4) is 11.3 Å². The van der Waals surface area contributed by atoms with Gasteiger partial charge in [0.05, 0.1) is 23.1 Å². The number of fused-ring (bicyclic) bond motifs is 1. The molecule has 0 saturated carbocycles. The van der Waals surface area contributed by atoms with Gasteiger partial charge in [-0.15, -0.1) is 0 Å². The molecule has 0 unspecified atom stereocenters. The Bertz CT molecular complexity index is 1110. The van der Waals surface area contributed by atoms with Crippen LogP contribution in [0.2, 0.25) is 0 Å². The Morgan fingerprint density at radius 2 is 1.65 bits per heavy atom. The van der Waals surface area contributed by atoms with Gasteiger partial charge in [0.2, 0.25) is 0 Å². The summed E-state index contributed by atoms with van der Waals surface area (Å²) in [6, 6.07) is 7.64. The summed E-state index contributed by atoms with van der Waals surface area (Å²) in [6.07, 6.45) is 4.75. The zero-order valence-corrected chi connectivity index (χ0v) is 17.1. The number of halogens is 1. The number of nitrogens with one attached hydrogen (secondary N) is 1. The number of benzene rings is 1. The summed E-state index contributed by atoms with van der Waals surface area (Å²) in [5, 5.41) is 11.3. The van der Waals surface area contributed by atoms with Gasteiger partial charge in [-0.25, -0.2) is 4.39 Å². The summed E-state index contributed by atoms with van der Waals surface area (Å²) >= 11 is 0. The quantitative estimate of drug-likeness (QED) is 0.702. The Kier molecular flexibility index (Phi) is 5.01. The van der Waals surface area contributed by atoms with Gasteiger partial charge < -0.3 is 9.80 Å². The Labute approximate surface area is 178 Å². The van der Waals surface area contributed by atoms with E-state index in [0.717, 1.165) is 37.1 Å². The molecular weight excluding hydrogens is 399 g/mol. The number of hydrogen-bond donors (Lipinski definition) is 1. The Hall–Kier alpha value is -3.49. The first-order valence-corrected chi connectivity index (χ1v) is 10.5. The number of H-pyrrole nitrogens is 1. The zero-order chi connectivity index (χ0) is 21.4. The van der Waals surface area contributed by atoms with Crippen molar-refractivity contribution in [1.29, 1.82) is 0 Å². The molecule has 5 rings (SSSR count). The van der Waals surface area contributed by atoms with Gasteiger partial charge in [0.1, 0.15) is 11.5 Å². The first-order valence-electron chi connectivity index (χ1n) is 10.5. The number of hydrogen-bond acceptors (Lipinski definition) is 4. The second-order valence-electron chi connectivity index (χ2n) is 7.94. The maximum absolute atomic E-state index is 13.1. The molecule has 2 aromatic heterocycles. The van der Waals surface area contributed by atoms with Crippen LogP contribution in [0.1, 0.15) is 39.4 Å². The molecule has 4 heterocycles. The third-order valence-corrected chi connectivity index (χ3v) is 6.01. The highest BCUT2D eigenvalue weighted by molar-refractivity contribution is 5.96. The number of amides is 2. The fourth-order valence-electron chi connectivity index (χ4n) is 4.25. The topological polar surface area (TPSA) is 87.1 Å². The average molecular weight is 422 g/mol. The van der Waals surface area contributed by atoms with Crippen molar-refractivity contribution >= 4 is 11.8 Å². The van der Waals surface area contributed by atoms with Crippen LogP contribution in [-0.2, 0) is 13.0 Å². The van der Waals surface area contributed by atoms with Crippen LogP contribution in [0.4, 0.5) is 4.39 Å². The molecule has 1 aromatic carbocycles. The predicted octanol–water partition coefficient (Wildman–Crippen LogP) is 2.35. The van der Waals surface area contributed by atoms with Crippen molar-refractivity contribution in [1.82, 2.24) is 29.8 Å². The highest BCUT2D eigenvalue weighted by Crippen LogP contribution is 2.21. The number of piperazine rings is 1. The van der Waals surface area contributed by atoms with E-state index in [0.29, 0.717) is 43.1 Å². The molecule has 31 heavy (non-hydrogen) atoms. The molecule has 1 fully saturated rings. The van der Waals surface area contributed by atoms with Crippen molar-refractivity contribution in [3.63, 3.8) is 0 Å². The summed E-state index contributed by atoms with van der Waals surface area (Å²) in [4.78, 5) is 29.4. The van der Waals surface area contributed by atoms with Gasteiger partial charge in [0, 0.05) is 38.3 Å². The van der Waals surface area contributed by atoms with Gasteiger partial charge in [-0.1, -0.05) is 0 Å². The fraction of sp³-hybridized carbons (Fsp3) is 0.364. The first-order chi connectivity index (χ1) is 15.1. The number of aromatic amines is 1. The number of nitrogens with zero attached hydrogens (tertiary/aromatic N) is 5. The molecule has 0 radical (unpaired) electrons. The summed E-state index contributed by atoms with van der Waals surface area (Å²) in [7, 11) is 0. The smallest absolute Gasteiger partial charge is 0.272 e. The van der Waals surface area contributed by atoms with Crippen LogP contribution in [-0.4, -0.2) is 67.8 Å². The predicted molar refractivity (Wildman–Crippen MR) is 111 cm³/mol. The second-order valence-corrected chi connectivity index (χ2v) is 7.94. The normalized spacial score (nSPS) is 16.3. The largest absolute Gasteiger partial charge is 0.335 e. The van der Waals surface area contributed by atoms with E-state index in [2.05, 4.69) is 15.3 Å². The van der Waals surface area contributed by atoms with E-state index < -0.39 is 0 Å². The van der Waals surface area contributed by atoms with E-state index in [1.165, 1.54) is 12.1 Å². The van der Waals surface area contributed by atoms with Gasteiger partial charge in [-0.3, -0.25) is 19.4 Å². The lowest BCUT2D eigenvalue weighted by Gasteiger charge is -2.34. The summed E-state index contributed by atoms with van der Waals surface area (Å²) in [5.41, 5.74) is 3.42. The van der Waals surface area contributed by atoms with Gasteiger partial charge >= 0.3 is 0 Å². The molecule has 160 valence electrons. The molecule has 2 aliphatic rings. The highest BCUT2D eigenvalue weighted by atomic mass is 19.1. The third kappa shape index (κ3) is 3.71. The standard InChI is InChI=1S/C22H23FN6O2/c23-16-6-4-15(5-7-16)18-13-19(26-25-18)22(31)28-11-9-27(10-12-28)21(30)17-14-24-29-8-2-1-3-20(17)29/h4-7,13-14H,1-3,8-12H2,(H,25,26). The monoisotopic (exact) mass is 422 g/mol. The van der Waals surface area contributed by atoms with Crippen molar-refractivity contribution in [2.24, 2.45) is 0 Å². The summed E-state index contributed by atoms with van der Waals surface area (Å²) in [6.45, 7) is 2.75. The summed E-state index contributed by atoms with van der Waals surface area (Å²) in [5.74, 6) is -0.481. The van der Waals surface area contributed by atoms with Gasteiger partial charge in [-0.05, 0) is 49.6 Å². The zero-order valence-electron chi connectivity index (χ0n) is 17.1. The lowest BCUT2D eigenvalue weighted by molar-refractivity contribution is 0.0531. The molecule has 3 aromatic rings. The van der Waals surface area contributed by atoms with Crippen LogP contribution >= 0.6 is 0 Å². The average Bonchev–Trinajstić information content (AvgIpc) is 3.46. The molecule has 2 amide bonds. The Balaban J connectivity index is 1.22. The maximum Gasteiger partial charge on any atom is 0.272 e. The van der Waals surface area contributed by atoms with E-state index in [1.807, 2.05) is 4.68 Å². The Morgan fingerprint density at radius 3 is 2.39 bits per heavy atom. The van der Waals surface area contributed by atoms with Crippen molar-refractivity contribution in [2.45, 2.75) is 25.8 Å². The lowest BCUT2D eigenvalue weighted by atomic mass is 10.1. The van der Waals surface area contributed by atoms with E-state index in [1.54, 1.807) is 34.2 Å². The second kappa shape index (κ2) is 7.98. The van der Waals surface area contributed by atoms with Crippen molar-refractivity contribution in [3.05, 3.63) is 59.3 Å². The molecular formula is C22H23FN6O2. The molecule has 0 bridgehead atoms. The van der Waals surface area contributed by atoms with Crippen LogP contribution in [0.5, 0.6) is 0 Å². The van der Waals surface area contributed by atoms with Crippen LogP contribution in [0, 0.1) is 5.82 Å². The number of aryl methyl sites for hydroxylation is 1. The number of carbonyl (C=O) groups is 2. The minimum Gasteiger partial charge on any atom is -0.335 e. The number of rotatable bonds is 3. The fourth-order valence-corrected chi connectivity index (χ4v) is 4.25. The van der Waals surface area contributed by atoms with Crippen LogP contribution in [0.25, 0.3) is 11.3 Å². The van der Waals surface area contributed by atoms with Gasteiger partial charge in [-0.2, -0.15) is 10.2 Å². The minimum atomic E-state index is -0.320. The van der Waals surface area contributed by atoms with Gasteiger partial charge in [0.15, 0.2) is 0 Å². The minimum absolute atomic E-state index is 0.00427. The summed E-state index contributed by atoms with van der Waals surface area (Å²) < 4.78 is 15.1. The SMILES string of the molecule is O=C(c1cc(-c2ccc(F)cc2)n[nH]1)N1CCN(C(=O)c2cnn3c2CCCC3)CC1. The molecule has 0 spiro atoms. The van der Waals surface area contributed by atoms with E-state index in [-0.39, 0.29) is 17.6 Å². The molecule has 9 heteroatoms. The first kappa shape index (κ1) is 19.5. The molecule has 0 atom stereocenters. The molecule has 2 aliphatic heterocycles. The number of carbonyl (C=O) groups excluding carboxylic acids is 2. The maximum atomic E-state index is 13.1. The third-order valence-electron chi connectivity index (χ3n) is 6.01. The highest BCUT2D eigenvalue weighted by Gasteiger charge is 2.29. The molecule has 1 N–H and O–H groups in total. The Morgan fingerprint density at radius 1 is 0.935 bits per heavy atom. The molecule has 0 aliphatic carbocycles. The van der Waals surface area contributed by atoms with Crippen molar-refractivity contribution in [2.75, 3.05) is 26.2 Å².